The smallest absolute Gasteiger partial charge is 0.246 e. The molecule has 1 aromatic carbocycles. The van der Waals surface area contributed by atoms with Gasteiger partial charge in [0.1, 0.15) is 6.04 Å². The van der Waals surface area contributed by atoms with Crippen LogP contribution in [0.2, 0.25) is 0 Å². The maximum Gasteiger partial charge on any atom is 0.246 e. The molecule has 1 aliphatic heterocycles. The summed E-state index contributed by atoms with van der Waals surface area (Å²) in [6.07, 6.45) is 2.19. The van der Waals surface area contributed by atoms with E-state index in [-0.39, 0.29) is 11.9 Å². The fraction of sp³-hybridized carbons (Fsp3) is 0.588. The summed E-state index contributed by atoms with van der Waals surface area (Å²) in [7, 11) is 2.10. The maximum absolute atomic E-state index is 12.0. The van der Waals surface area contributed by atoms with Crippen molar-refractivity contribution >= 4 is 17.3 Å². The monoisotopic (exact) mass is 289 g/mol. The van der Waals surface area contributed by atoms with Crippen LogP contribution in [-0.2, 0) is 4.79 Å². The second-order valence-corrected chi connectivity index (χ2v) is 6.25. The molecule has 1 aliphatic rings. The van der Waals surface area contributed by atoms with Crippen molar-refractivity contribution in [1.29, 1.82) is 0 Å². The Balaban J connectivity index is 2.10. The third-order valence-corrected chi connectivity index (χ3v) is 3.95. The van der Waals surface area contributed by atoms with Gasteiger partial charge in [-0.3, -0.25) is 4.79 Å². The minimum atomic E-state index is -0.199. The van der Waals surface area contributed by atoms with Crippen LogP contribution in [0.15, 0.2) is 18.2 Å². The maximum atomic E-state index is 12.0. The van der Waals surface area contributed by atoms with E-state index in [1.54, 1.807) is 0 Å². The highest BCUT2D eigenvalue weighted by Crippen LogP contribution is 2.33. The molecule has 0 radical (unpaired) electrons. The molecule has 0 saturated carbocycles. The number of benzene rings is 1. The molecule has 2 N–H and O–H groups in total. The Hall–Kier alpha value is -1.55. The van der Waals surface area contributed by atoms with E-state index in [2.05, 4.69) is 61.6 Å². The second kappa shape index (κ2) is 6.94. The van der Waals surface area contributed by atoms with Gasteiger partial charge in [0.2, 0.25) is 5.91 Å². The topological polar surface area (TPSA) is 44.4 Å². The van der Waals surface area contributed by atoms with Gasteiger partial charge in [0.05, 0.1) is 0 Å². The van der Waals surface area contributed by atoms with Crippen molar-refractivity contribution in [2.24, 2.45) is 5.92 Å². The van der Waals surface area contributed by atoms with Gasteiger partial charge in [0.25, 0.3) is 0 Å². The minimum absolute atomic E-state index is 0.0560. The lowest BCUT2D eigenvalue weighted by Crippen LogP contribution is -2.27. The second-order valence-electron chi connectivity index (χ2n) is 6.25. The zero-order valence-electron chi connectivity index (χ0n) is 13.6. The van der Waals surface area contributed by atoms with Crippen LogP contribution in [-0.4, -0.2) is 26.0 Å². The van der Waals surface area contributed by atoms with Crippen molar-refractivity contribution in [3.63, 3.8) is 0 Å². The number of amides is 1. The third kappa shape index (κ3) is 3.76. The van der Waals surface area contributed by atoms with Crippen LogP contribution in [0.4, 0.5) is 11.4 Å². The molecule has 116 valence electrons. The molecule has 1 heterocycles. The first-order chi connectivity index (χ1) is 10.0. The van der Waals surface area contributed by atoms with Crippen LogP contribution in [0.5, 0.6) is 0 Å². The van der Waals surface area contributed by atoms with Crippen molar-refractivity contribution in [3.8, 4) is 0 Å². The fourth-order valence-electron chi connectivity index (χ4n) is 2.56. The van der Waals surface area contributed by atoms with Gasteiger partial charge >= 0.3 is 0 Å². The van der Waals surface area contributed by atoms with Gasteiger partial charge in [-0.15, -0.1) is 0 Å². The first kappa shape index (κ1) is 15.8. The summed E-state index contributed by atoms with van der Waals surface area (Å²) < 4.78 is 0. The fourth-order valence-corrected chi connectivity index (χ4v) is 2.56. The van der Waals surface area contributed by atoms with Gasteiger partial charge in [-0.1, -0.05) is 26.8 Å². The Morgan fingerprint density at radius 1 is 1.38 bits per heavy atom. The van der Waals surface area contributed by atoms with E-state index < -0.39 is 0 Å². The van der Waals surface area contributed by atoms with E-state index in [4.69, 9.17) is 0 Å². The quantitative estimate of drug-likeness (QED) is 0.810. The van der Waals surface area contributed by atoms with Gasteiger partial charge in [-0.05, 0) is 37.4 Å². The molecule has 21 heavy (non-hydrogen) atoms. The lowest BCUT2D eigenvalue weighted by Gasteiger charge is -2.21. The van der Waals surface area contributed by atoms with Crippen molar-refractivity contribution in [2.45, 2.75) is 39.7 Å². The van der Waals surface area contributed by atoms with Gasteiger partial charge in [0.15, 0.2) is 0 Å². The molecule has 4 heteroatoms. The zero-order chi connectivity index (χ0) is 15.4. The number of nitrogens with zero attached hydrogens (tertiary/aromatic N) is 1. The Morgan fingerprint density at radius 2 is 2.14 bits per heavy atom. The molecule has 1 unspecified atom stereocenters. The Bertz CT molecular complexity index is 499. The van der Waals surface area contributed by atoms with E-state index in [0.29, 0.717) is 5.92 Å². The molecule has 0 fully saturated rings. The number of hydrogen-bond donors (Lipinski definition) is 2. The summed E-state index contributed by atoms with van der Waals surface area (Å²) in [5.74, 6) is 0.754. The molecule has 1 aromatic rings. The first-order valence-electron chi connectivity index (χ1n) is 7.92. The van der Waals surface area contributed by atoms with Gasteiger partial charge in [-0.25, -0.2) is 0 Å². The summed E-state index contributed by atoms with van der Waals surface area (Å²) in [5.41, 5.74) is 3.17. The molecule has 1 amide bonds. The molecule has 0 aliphatic carbocycles. The predicted octanol–water partition coefficient (Wildman–Crippen LogP) is 3.16. The molecule has 0 bridgehead atoms. The SMILES string of the molecule is CCCNC1C(=O)Nc2cc(N(C)CCC(C)C)ccc21. The van der Waals surface area contributed by atoms with Crippen LogP contribution in [0.25, 0.3) is 0 Å². The van der Waals surface area contributed by atoms with Gasteiger partial charge < -0.3 is 15.5 Å². The van der Waals surface area contributed by atoms with Gasteiger partial charge in [-0.2, -0.15) is 0 Å². The molecule has 1 atom stereocenters. The van der Waals surface area contributed by atoms with Crippen LogP contribution >= 0.6 is 0 Å². The molecule has 2 rings (SSSR count). The summed E-state index contributed by atoms with van der Waals surface area (Å²) in [4.78, 5) is 14.3. The molecular weight excluding hydrogens is 262 g/mol. The number of carbonyl (C=O) groups is 1. The Labute approximate surface area is 127 Å². The molecular formula is C17H27N3O. The van der Waals surface area contributed by atoms with Crippen LogP contribution in [0.3, 0.4) is 0 Å². The third-order valence-electron chi connectivity index (χ3n) is 3.95. The number of nitrogens with one attached hydrogen (secondary N) is 2. The molecule has 0 aromatic heterocycles. The first-order valence-corrected chi connectivity index (χ1v) is 7.92. The van der Waals surface area contributed by atoms with Gasteiger partial charge in [0, 0.05) is 30.5 Å². The number of hydrogen-bond acceptors (Lipinski definition) is 3. The van der Waals surface area contributed by atoms with Crippen LogP contribution in [0, 0.1) is 5.92 Å². The number of anilines is 2. The lowest BCUT2D eigenvalue weighted by molar-refractivity contribution is -0.117. The summed E-state index contributed by atoms with van der Waals surface area (Å²) >= 11 is 0. The van der Waals surface area contributed by atoms with E-state index >= 15 is 0 Å². The highest BCUT2D eigenvalue weighted by atomic mass is 16.2. The van der Waals surface area contributed by atoms with Crippen molar-refractivity contribution in [3.05, 3.63) is 23.8 Å². The number of fused-ring (bicyclic) bond motifs is 1. The standard InChI is InChI=1S/C17H27N3O/c1-5-9-18-16-14-7-6-13(11-15(14)19-17(16)21)20(4)10-8-12(2)3/h6-7,11-12,16,18H,5,8-10H2,1-4H3,(H,19,21). The van der Waals surface area contributed by atoms with E-state index in [1.165, 1.54) is 6.42 Å². The Morgan fingerprint density at radius 3 is 2.81 bits per heavy atom. The number of carbonyl (C=O) groups excluding carboxylic acids is 1. The normalized spacial score (nSPS) is 17.0. The van der Waals surface area contributed by atoms with Crippen molar-refractivity contribution < 1.29 is 4.79 Å². The molecule has 4 nitrogen and oxygen atoms in total. The van der Waals surface area contributed by atoms with Crippen LogP contribution < -0.4 is 15.5 Å². The predicted molar refractivity (Wildman–Crippen MR) is 88.8 cm³/mol. The van der Waals surface area contributed by atoms with Crippen molar-refractivity contribution in [1.82, 2.24) is 5.32 Å². The Kier molecular flexibility index (Phi) is 5.23. The molecule has 0 spiro atoms. The van der Waals surface area contributed by atoms with E-state index in [9.17, 15) is 4.79 Å². The molecule has 0 saturated heterocycles. The summed E-state index contributed by atoms with van der Waals surface area (Å²) in [6, 6.07) is 6.07. The van der Waals surface area contributed by atoms with E-state index in [0.717, 1.165) is 36.4 Å². The minimum Gasteiger partial charge on any atom is -0.375 e. The highest BCUT2D eigenvalue weighted by molar-refractivity contribution is 6.03. The average Bonchev–Trinajstić information content (AvgIpc) is 2.77. The zero-order valence-corrected chi connectivity index (χ0v) is 13.6. The largest absolute Gasteiger partial charge is 0.375 e. The lowest BCUT2D eigenvalue weighted by atomic mass is 10.1. The highest BCUT2D eigenvalue weighted by Gasteiger charge is 2.30. The van der Waals surface area contributed by atoms with E-state index in [1.807, 2.05) is 0 Å². The van der Waals surface area contributed by atoms with Crippen LogP contribution in [0.1, 0.15) is 45.2 Å². The van der Waals surface area contributed by atoms with Crippen molar-refractivity contribution in [2.75, 3.05) is 30.4 Å². The average molecular weight is 289 g/mol. The summed E-state index contributed by atoms with van der Waals surface area (Å²) in [6.45, 7) is 8.46. The summed E-state index contributed by atoms with van der Waals surface area (Å²) in [5, 5.41) is 6.29. The number of rotatable bonds is 7.